The third-order valence-electron chi connectivity index (χ3n) is 4.99. The van der Waals surface area contributed by atoms with E-state index in [-0.39, 0.29) is 11.1 Å². The van der Waals surface area contributed by atoms with Gasteiger partial charge in [0.15, 0.2) is 21.8 Å². The molecule has 0 atom stereocenters. The molecule has 1 fully saturated rings. The number of pyridine rings is 1. The van der Waals surface area contributed by atoms with Crippen LogP contribution in [-0.2, 0) is 11.4 Å². The van der Waals surface area contributed by atoms with Gasteiger partial charge in [0.05, 0.1) is 12.0 Å². The molecule has 3 aromatic rings. The molecular weight excluding hydrogens is 493 g/mol. The molecular formula is C25H21Cl2N3O3S. The number of halogens is 2. The first-order valence-electron chi connectivity index (χ1n) is 10.4. The number of thioether (sulfide) groups is 1. The van der Waals surface area contributed by atoms with Crippen LogP contribution >= 0.6 is 35.0 Å². The number of carbonyl (C=O) groups is 1. The number of methoxy groups -OCH3 is 1. The van der Waals surface area contributed by atoms with Crippen molar-refractivity contribution >= 4 is 57.8 Å². The summed E-state index contributed by atoms with van der Waals surface area (Å²) < 4.78 is 11.4. The van der Waals surface area contributed by atoms with Crippen molar-refractivity contribution in [3.8, 4) is 11.5 Å². The number of amidine groups is 1. The average molecular weight is 514 g/mol. The highest BCUT2D eigenvalue weighted by Gasteiger charge is 2.32. The smallest absolute Gasteiger partial charge is 0.266 e. The number of hydrogen-bond donors (Lipinski definition) is 0. The fraction of sp³-hybridized carbons (Fsp3) is 0.160. The Hall–Kier alpha value is -3.00. The van der Waals surface area contributed by atoms with Crippen LogP contribution in [0.4, 0.5) is 5.69 Å². The Bertz CT molecular complexity index is 1280. The summed E-state index contributed by atoms with van der Waals surface area (Å²) in [5, 5.41) is 1.49. The van der Waals surface area contributed by atoms with Crippen LogP contribution in [0, 0.1) is 0 Å². The van der Waals surface area contributed by atoms with E-state index in [0.717, 1.165) is 11.1 Å². The molecule has 1 saturated heterocycles. The molecule has 34 heavy (non-hydrogen) atoms. The first-order chi connectivity index (χ1) is 16.5. The van der Waals surface area contributed by atoms with Gasteiger partial charge < -0.3 is 9.47 Å². The second kappa shape index (κ2) is 11.0. The van der Waals surface area contributed by atoms with Gasteiger partial charge >= 0.3 is 0 Å². The summed E-state index contributed by atoms with van der Waals surface area (Å²) in [5.41, 5.74) is 2.20. The number of carbonyl (C=O) groups excluding carboxylic acids is 1. The minimum atomic E-state index is -0.121. The number of likely N-dealkylation sites (N-methyl/N-ethyl adjacent to an activating group) is 1. The van der Waals surface area contributed by atoms with Crippen molar-refractivity contribution in [3.63, 3.8) is 0 Å². The number of ether oxygens (including phenoxy) is 2. The van der Waals surface area contributed by atoms with E-state index in [1.165, 1.54) is 11.8 Å². The van der Waals surface area contributed by atoms with E-state index < -0.39 is 0 Å². The predicted octanol–water partition coefficient (Wildman–Crippen LogP) is 6.60. The highest BCUT2D eigenvalue weighted by molar-refractivity contribution is 8.18. The maximum absolute atomic E-state index is 13.0. The van der Waals surface area contributed by atoms with Gasteiger partial charge in [0, 0.05) is 23.3 Å². The van der Waals surface area contributed by atoms with Crippen molar-refractivity contribution in [1.82, 2.24) is 9.88 Å². The van der Waals surface area contributed by atoms with E-state index in [1.54, 1.807) is 30.3 Å². The Morgan fingerprint density at radius 3 is 2.68 bits per heavy atom. The minimum absolute atomic E-state index is 0.121. The molecule has 0 spiro atoms. The van der Waals surface area contributed by atoms with Gasteiger partial charge in [0.25, 0.3) is 5.91 Å². The number of aromatic nitrogens is 1. The largest absolute Gasteiger partial charge is 0.493 e. The molecule has 1 aromatic heterocycles. The Labute approximate surface area is 212 Å². The molecule has 1 amide bonds. The second-order valence-corrected chi connectivity index (χ2v) is 8.93. The van der Waals surface area contributed by atoms with Crippen molar-refractivity contribution < 1.29 is 14.3 Å². The summed E-state index contributed by atoms with van der Waals surface area (Å²) >= 11 is 13.6. The van der Waals surface area contributed by atoms with E-state index in [2.05, 4.69) is 9.98 Å². The fourth-order valence-corrected chi connectivity index (χ4v) is 4.66. The van der Waals surface area contributed by atoms with Crippen LogP contribution in [0.3, 0.4) is 0 Å². The molecule has 0 bridgehead atoms. The highest BCUT2D eigenvalue weighted by atomic mass is 35.5. The first-order valence-corrected chi connectivity index (χ1v) is 12.0. The van der Waals surface area contributed by atoms with Crippen molar-refractivity contribution in [1.29, 1.82) is 0 Å². The number of benzene rings is 2. The molecule has 2 aromatic carbocycles. The summed E-state index contributed by atoms with van der Waals surface area (Å²) in [7, 11) is 1.57. The molecule has 0 unspecified atom stereocenters. The van der Waals surface area contributed by atoms with Crippen molar-refractivity contribution in [2.45, 2.75) is 13.5 Å². The van der Waals surface area contributed by atoms with Gasteiger partial charge in [-0.1, -0.05) is 47.5 Å². The number of aliphatic imine (C=N–C) groups is 1. The molecule has 6 nitrogen and oxygen atoms in total. The minimum Gasteiger partial charge on any atom is -0.493 e. The summed E-state index contributed by atoms with van der Waals surface area (Å²) in [5.74, 6) is 1.02. The van der Waals surface area contributed by atoms with Crippen LogP contribution in [0.2, 0.25) is 10.2 Å². The predicted molar refractivity (Wildman–Crippen MR) is 138 cm³/mol. The van der Waals surface area contributed by atoms with Gasteiger partial charge in [-0.25, -0.2) is 9.98 Å². The quantitative estimate of drug-likeness (QED) is 0.263. The highest BCUT2D eigenvalue weighted by Crippen LogP contribution is 2.36. The summed E-state index contributed by atoms with van der Waals surface area (Å²) in [4.78, 5) is 23.7. The summed E-state index contributed by atoms with van der Waals surface area (Å²) in [6.07, 6.45) is 3.40. The van der Waals surface area contributed by atoms with Gasteiger partial charge in [-0.15, -0.1) is 0 Å². The van der Waals surface area contributed by atoms with E-state index in [0.29, 0.717) is 45.4 Å². The van der Waals surface area contributed by atoms with E-state index in [9.17, 15) is 4.79 Å². The lowest BCUT2D eigenvalue weighted by atomic mass is 10.1. The van der Waals surface area contributed by atoms with Gasteiger partial charge in [-0.3, -0.25) is 9.69 Å². The van der Waals surface area contributed by atoms with Gasteiger partial charge in [0.2, 0.25) is 0 Å². The lowest BCUT2D eigenvalue weighted by Crippen LogP contribution is -2.28. The summed E-state index contributed by atoms with van der Waals surface area (Å²) in [6.45, 7) is 2.70. The molecule has 0 aliphatic carbocycles. The fourth-order valence-electron chi connectivity index (χ4n) is 3.25. The van der Waals surface area contributed by atoms with Crippen LogP contribution in [0.5, 0.6) is 11.5 Å². The van der Waals surface area contributed by atoms with E-state index in [4.69, 9.17) is 32.7 Å². The maximum Gasteiger partial charge on any atom is 0.266 e. The zero-order chi connectivity index (χ0) is 24.1. The third-order valence-corrected chi connectivity index (χ3v) is 6.65. The normalized spacial score (nSPS) is 15.9. The number of nitrogens with zero attached hydrogens (tertiary/aromatic N) is 3. The Morgan fingerprint density at radius 2 is 1.94 bits per heavy atom. The van der Waals surface area contributed by atoms with Crippen molar-refractivity contribution in [2.24, 2.45) is 4.99 Å². The topological polar surface area (TPSA) is 64.0 Å². The molecule has 4 rings (SSSR count). The number of hydrogen-bond acceptors (Lipinski definition) is 6. The number of rotatable bonds is 7. The lowest BCUT2D eigenvalue weighted by molar-refractivity contribution is -0.122. The van der Waals surface area contributed by atoms with Crippen LogP contribution in [0.25, 0.3) is 6.08 Å². The van der Waals surface area contributed by atoms with Crippen molar-refractivity contribution in [3.05, 3.63) is 87.0 Å². The molecule has 2 heterocycles. The van der Waals surface area contributed by atoms with Gasteiger partial charge in [0.1, 0.15) is 12.3 Å². The van der Waals surface area contributed by atoms with Crippen LogP contribution in [0.15, 0.2) is 70.7 Å². The average Bonchev–Trinajstić information content (AvgIpc) is 3.14. The Morgan fingerprint density at radius 1 is 1.12 bits per heavy atom. The second-order valence-electron chi connectivity index (χ2n) is 7.16. The van der Waals surface area contributed by atoms with E-state index >= 15 is 0 Å². The monoisotopic (exact) mass is 513 g/mol. The lowest BCUT2D eigenvalue weighted by Gasteiger charge is -2.12. The van der Waals surface area contributed by atoms with Gasteiger partial charge in [-0.05, 0) is 60.7 Å². The summed E-state index contributed by atoms with van der Waals surface area (Å²) in [6, 6.07) is 16.5. The SMILES string of the molecule is CCN1C(=O)/C(=C/c2ccc(OCc3ccccc3Cl)c(OC)c2)SC1=Nc1cccnc1Cl. The van der Waals surface area contributed by atoms with Crippen LogP contribution in [-0.4, -0.2) is 34.6 Å². The molecule has 0 N–H and O–H groups in total. The van der Waals surface area contributed by atoms with Crippen molar-refractivity contribution in [2.75, 3.05) is 13.7 Å². The Balaban J connectivity index is 1.56. The molecule has 0 radical (unpaired) electrons. The first kappa shape index (κ1) is 24.1. The molecule has 1 aliphatic rings. The Kier molecular flexibility index (Phi) is 7.77. The number of amides is 1. The van der Waals surface area contributed by atoms with Crippen LogP contribution in [0.1, 0.15) is 18.1 Å². The zero-order valence-corrected chi connectivity index (χ0v) is 20.8. The van der Waals surface area contributed by atoms with Gasteiger partial charge in [-0.2, -0.15) is 0 Å². The maximum atomic E-state index is 13.0. The third kappa shape index (κ3) is 5.38. The zero-order valence-electron chi connectivity index (χ0n) is 18.5. The van der Waals surface area contributed by atoms with Crippen LogP contribution < -0.4 is 9.47 Å². The molecule has 0 saturated carbocycles. The standard InChI is InChI=1S/C25H21Cl2N3O3S/c1-3-30-24(31)22(34-25(30)29-19-9-6-12-28-23(19)27)14-16-10-11-20(21(13-16)32-2)33-15-17-7-4-5-8-18(17)26/h4-14H,3,15H2,1-2H3/b22-14-,29-25?. The molecule has 174 valence electrons. The van der Waals surface area contributed by atoms with E-state index in [1.807, 2.05) is 55.5 Å². The molecule has 9 heteroatoms. The molecule has 1 aliphatic heterocycles.